The molecule has 0 bridgehead atoms. The molecular weight excluding hydrogens is 368 g/mol. The van der Waals surface area contributed by atoms with Crippen LogP contribution in [0.2, 0.25) is 0 Å². The molecule has 0 aliphatic carbocycles. The lowest BCUT2D eigenvalue weighted by molar-refractivity contribution is 0.415. The fourth-order valence-corrected chi connectivity index (χ4v) is 3.39. The predicted molar refractivity (Wildman–Crippen MR) is 119 cm³/mol. The van der Waals surface area contributed by atoms with Gasteiger partial charge in [-0.25, -0.2) is 0 Å². The first-order valence-corrected chi connectivity index (χ1v) is 9.51. The lowest BCUT2D eigenvalue weighted by atomic mass is 9.93. The molecule has 4 rings (SSSR count). The molecule has 0 saturated heterocycles. The van der Waals surface area contributed by atoms with Crippen LogP contribution in [0, 0.1) is 22.7 Å². The highest BCUT2D eigenvalue weighted by atomic mass is 16.5. The Morgan fingerprint density at radius 1 is 0.500 bits per heavy atom. The van der Waals surface area contributed by atoms with Gasteiger partial charge < -0.3 is 4.74 Å². The average molecular weight is 386 g/mol. The molecule has 0 N–H and O–H groups in total. The molecule has 0 aliphatic heterocycles. The number of rotatable bonds is 4. The van der Waals surface area contributed by atoms with Crippen molar-refractivity contribution >= 4 is 0 Å². The first kappa shape index (κ1) is 19.0. The maximum absolute atomic E-state index is 9.09. The van der Waals surface area contributed by atoms with Gasteiger partial charge in [-0.2, -0.15) is 10.5 Å². The van der Waals surface area contributed by atoms with Crippen molar-refractivity contribution in [2.24, 2.45) is 0 Å². The molecule has 30 heavy (non-hydrogen) atoms. The third kappa shape index (κ3) is 3.92. The maximum Gasteiger partial charge on any atom is 0.118 e. The Balaban J connectivity index is 1.85. The third-order valence-corrected chi connectivity index (χ3v) is 5.05. The molecule has 0 atom stereocenters. The molecule has 0 heterocycles. The highest BCUT2D eigenvalue weighted by molar-refractivity contribution is 5.81. The zero-order chi connectivity index (χ0) is 20.9. The van der Waals surface area contributed by atoms with E-state index in [1.807, 2.05) is 72.8 Å². The van der Waals surface area contributed by atoms with Crippen molar-refractivity contribution in [3.63, 3.8) is 0 Å². The minimum Gasteiger partial charge on any atom is -0.497 e. The number of hydrogen-bond donors (Lipinski definition) is 0. The van der Waals surface area contributed by atoms with Crippen molar-refractivity contribution in [2.45, 2.75) is 0 Å². The summed E-state index contributed by atoms with van der Waals surface area (Å²) in [5.74, 6) is 0.814. The van der Waals surface area contributed by atoms with Crippen LogP contribution in [0.15, 0.2) is 91.0 Å². The standard InChI is InChI=1S/C27H18N2O/c1-30-27-12-10-23(11-13-27)26-15-24(21-6-2-19(17-28)3-7-21)14-25(16-26)22-8-4-20(18-29)5-9-22/h2-16H,1H3. The number of ether oxygens (including phenoxy) is 1. The van der Waals surface area contributed by atoms with Crippen LogP contribution in [0.4, 0.5) is 0 Å². The topological polar surface area (TPSA) is 56.8 Å². The van der Waals surface area contributed by atoms with Gasteiger partial charge >= 0.3 is 0 Å². The number of nitriles is 2. The Hall–Kier alpha value is -4.34. The van der Waals surface area contributed by atoms with E-state index in [-0.39, 0.29) is 0 Å². The van der Waals surface area contributed by atoms with E-state index in [4.69, 9.17) is 15.3 Å². The van der Waals surface area contributed by atoms with Gasteiger partial charge in [0, 0.05) is 0 Å². The lowest BCUT2D eigenvalue weighted by Gasteiger charge is -2.12. The molecule has 3 nitrogen and oxygen atoms in total. The van der Waals surface area contributed by atoms with Gasteiger partial charge in [-0.15, -0.1) is 0 Å². The van der Waals surface area contributed by atoms with Crippen LogP contribution in [0.25, 0.3) is 33.4 Å². The summed E-state index contributed by atoms with van der Waals surface area (Å²) in [6.45, 7) is 0. The van der Waals surface area contributed by atoms with Crippen molar-refractivity contribution in [1.29, 1.82) is 10.5 Å². The highest BCUT2D eigenvalue weighted by Gasteiger charge is 2.08. The molecule has 0 unspecified atom stereocenters. The van der Waals surface area contributed by atoms with Gasteiger partial charge in [0.15, 0.2) is 0 Å². The molecule has 0 spiro atoms. The van der Waals surface area contributed by atoms with Crippen LogP contribution in [0.3, 0.4) is 0 Å². The molecule has 4 aromatic rings. The van der Waals surface area contributed by atoms with Crippen LogP contribution >= 0.6 is 0 Å². The number of benzene rings is 4. The highest BCUT2D eigenvalue weighted by Crippen LogP contribution is 2.33. The molecule has 0 aliphatic rings. The van der Waals surface area contributed by atoms with Gasteiger partial charge in [-0.05, 0) is 88.0 Å². The molecule has 0 radical (unpaired) electrons. The Kier molecular flexibility index (Phi) is 5.29. The number of methoxy groups -OCH3 is 1. The molecule has 0 aromatic heterocycles. The first-order valence-electron chi connectivity index (χ1n) is 9.51. The maximum atomic E-state index is 9.09. The summed E-state index contributed by atoms with van der Waals surface area (Å²) in [6.07, 6.45) is 0. The van der Waals surface area contributed by atoms with E-state index in [2.05, 4.69) is 30.3 Å². The monoisotopic (exact) mass is 386 g/mol. The minimum atomic E-state index is 0.636. The van der Waals surface area contributed by atoms with Crippen molar-refractivity contribution in [3.8, 4) is 51.3 Å². The van der Waals surface area contributed by atoms with Gasteiger partial charge in [-0.3, -0.25) is 0 Å². The van der Waals surface area contributed by atoms with E-state index in [0.29, 0.717) is 11.1 Å². The largest absolute Gasteiger partial charge is 0.497 e. The zero-order valence-electron chi connectivity index (χ0n) is 16.5. The van der Waals surface area contributed by atoms with Gasteiger partial charge in [-0.1, -0.05) is 36.4 Å². The first-order chi connectivity index (χ1) is 14.7. The summed E-state index contributed by atoms with van der Waals surface area (Å²) < 4.78 is 5.28. The quantitative estimate of drug-likeness (QED) is 0.405. The Bertz CT molecular complexity index is 1180. The summed E-state index contributed by atoms with van der Waals surface area (Å²) >= 11 is 0. The van der Waals surface area contributed by atoms with Crippen molar-refractivity contribution < 1.29 is 4.74 Å². The predicted octanol–water partition coefficient (Wildman–Crippen LogP) is 6.44. The lowest BCUT2D eigenvalue weighted by Crippen LogP contribution is -1.88. The molecular formula is C27H18N2O. The van der Waals surface area contributed by atoms with Crippen LogP contribution in [0.5, 0.6) is 5.75 Å². The van der Waals surface area contributed by atoms with Gasteiger partial charge in [0.2, 0.25) is 0 Å². The Morgan fingerprint density at radius 3 is 1.13 bits per heavy atom. The smallest absolute Gasteiger partial charge is 0.118 e. The van der Waals surface area contributed by atoms with Crippen molar-refractivity contribution in [1.82, 2.24) is 0 Å². The van der Waals surface area contributed by atoms with Crippen LogP contribution < -0.4 is 4.74 Å². The fourth-order valence-electron chi connectivity index (χ4n) is 3.39. The summed E-state index contributed by atoms with van der Waals surface area (Å²) in [5.41, 5.74) is 7.65. The van der Waals surface area contributed by atoms with E-state index in [9.17, 15) is 0 Å². The molecule has 3 heteroatoms. The second-order valence-electron chi connectivity index (χ2n) is 6.91. The minimum absolute atomic E-state index is 0.636. The van der Waals surface area contributed by atoms with Gasteiger partial charge in [0.1, 0.15) is 5.75 Å². The molecule has 142 valence electrons. The second kappa shape index (κ2) is 8.35. The fraction of sp³-hybridized carbons (Fsp3) is 0.0370. The second-order valence-corrected chi connectivity index (χ2v) is 6.91. The number of nitrogens with zero attached hydrogens (tertiary/aromatic N) is 2. The van der Waals surface area contributed by atoms with E-state index in [0.717, 1.165) is 39.1 Å². The Labute approximate surface area is 176 Å². The van der Waals surface area contributed by atoms with E-state index in [1.54, 1.807) is 7.11 Å². The van der Waals surface area contributed by atoms with E-state index < -0.39 is 0 Å². The number of hydrogen-bond acceptors (Lipinski definition) is 3. The summed E-state index contributed by atoms with van der Waals surface area (Å²) in [6, 6.07) is 33.9. The van der Waals surface area contributed by atoms with E-state index >= 15 is 0 Å². The molecule has 0 saturated carbocycles. The third-order valence-electron chi connectivity index (χ3n) is 5.05. The van der Waals surface area contributed by atoms with Crippen LogP contribution in [-0.2, 0) is 0 Å². The Morgan fingerprint density at radius 2 is 0.833 bits per heavy atom. The van der Waals surface area contributed by atoms with Crippen LogP contribution in [0.1, 0.15) is 11.1 Å². The summed E-state index contributed by atoms with van der Waals surface area (Å²) in [4.78, 5) is 0. The normalized spacial score (nSPS) is 10.1. The average Bonchev–Trinajstić information content (AvgIpc) is 2.84. The van der Waals surface area contributed by atoms with Crippen molar-refractivity contribution in [2.75, 3.05) is 7.11 Å². The molecule has 0 amide bonds. The van der Waals surface area contributed by atoms with Crippen LogP contribution in [-0.4, -0.2) is 7.11 Å². The summed E-state index contributed by atoms with van der Waals surface area (Å²) in [7, 11) is 1.66. The zero-order valence-corrected chi connectivity index (χ0v) is 16.5. The van der Waals surface area contributed by atoms with Gasteiger partial charge in [0.25, 0.3) is 0 Å². The van der Waals surface area contributed by atoms with Gasteiger partial charge in [0.05, 0.1) is 30.4 Å². The SMILES string of the molecule is COc1ccc(-c2cc(-c3ccc(C#N)cc3)cc(-c3ccc(C#N)cc3)c2)cc1. The van der Waals surface area contributed by atoms with E-state index in [1.165, 1.54) is 0 Å². The van der Waals surface area contributed by atoms with Crippen molar-refractivity contribution in [3.05, 3.63) is 102 Å². The molecule has 4 aromatic carbocycles. The summed E-state index contributed by atoms with van der Waals surface area (Å²) in [5, 5.41) is 18.2. The molecule has 0 fully saturated rings.